The quantitative estimate of drug-likeness (QED) is 0.471. The van der Waals surface area contributed by atoms with Crippen LogP contribution in [-0.2, 0) is 24.2 Å². The SMILES string of the molecule is CCc1c(CC(=O)O)c(C2CC2)nn1CC1=CC=C(NC(=O)c2cccc3ccccc23)C=CC1. The Kier molecular flexibility index (Phi) is 6.36. The summed E-state index contributed by atoms with van der Waals surface area (Å²) in [6, 6.07) is 13.6. The molecule has 35 heavy (non-hydrogen) atoms. The smallest absolute Gasteiger partial charge is 0.307 e. The Bertz CT molecular complexity index is 1380. The summed E-state index contributed by atoms with van der Waals surface area (Å²) in [6.07, 6.45) is 11.6. The van der Waals surface area contributed by atoms with Gasteiger partial charge < -0.3 is 10.4 Å². The molecule has 5 rings (SSSR count). The lowest BCUT2D eigenvalue weighted by molar-refractivity contribution is -0.136. The summed E-state index contributed by atoms with van der Waals surface area (Å²) in [6.45, 7) is 2.66. The average molecular weight is 468 g/mol. The number of carboxylic acid groups (broad SMARTS) is 1. The van der Waals surface area contributed by atoms with Gasteiger partial charge in [-0.3, -0.25) is 14.3 Å². The number of allylic oxidation sites excluding steroid dienone is 5. The van der Waals surface area contributed by atoms with Gasteiger partial charge in [0.2, 0.25) is 0 Å². The van der Waals surface area contributed by atoms with Crippen molar-refractivity contribution in [3.05, 3.63) is 101 Å². The number of fused-ring (bicyclic) bond motifs is 1. The second-order valence-corrected chi connectivity index (χ2v) is 9.20. The van der Waals surface area contributed by atoms with Crippen LogP contribution in [0.25, 0.3) is 10.8 Å². The highest BCUT2D eigenvalue weighted by Crippen LogP contribution is 2.42. The minimum atomic E-state index is -0.813. The first kappa shape index (κ1) is 22.8. The summed E-state index contributed by atoms with van der Waals surface area (Å²) < 4.78 is 1.99. The number of amides is 1. The summed E-state index contributed by atoms with van der Waals surface area (Å²) in [5, 5.41) is 19.3. The highest BCUT2D eigenvalue weighted by Gasteiger charge is 2.32. The van der Waals surface area contributed by atoms with E-state index in [0.29, 0.717) is 18.0 Å². The Morgan fingerprint density at radius 3 is 2.69 bits per heavy atom. The van der Waals surface area contributed by atoms with E-state index in [2.05, 4.69) is 12.2 Å². The molecule has 178 valence electrons. The van der Waals surface area contributed by atoms with E-state index < -0.39 is 5.97 Å². The normalized spacial score (nSPS) is 15.5. The van der Waals surface area contributed by atoms with E-state index in [0.717, 1.165) is 64.7 Å². The summed E-state index contributed by atoms with van der Waals surface area (Å²) >= 11 is 0. The van der Waals surface area contributed by atoms with Gasteiger partial charge in [0, 0.05) is 28.4 Å². The molecule has 2 aliphatic rings. The van der Waals surface area contributed by atoms with Gasteiger partial charge in [0.25, 0.3) is 5.91 Å². The average Bonchev–Trinajstić information content (AvgIpc) is 3.66. The fourth-order valence-electron chi connectivity index (χ4n) is 4.79. The maximum Gasteiger partial charge on any atom is 0.307 e. The number of hydrogen-bond acceptors (Lipinski definition) is 3. The molecule has 1 saturated carbocycles. The van der Waals surface area contributed by atoms with Gasteiger partial charge in [-0.1, -0.05) is 55.5 Å². The van der Waals surface area contributed by atoms with Crippen LogP contribution in [0.5, 0.6) is 0 Å². The lowest BCUT2D eigenvalue weighted by Gasteiger charge is -2.09. The highest BCUT2D eigenvalue weighted by atomic mass is 16.4. The van der Waals surface area contributed by atoms with Gasteiger partial charge >= 0.3 is 5.97 Å². The minimum absolute atomic E-state index is 0.0260. The summed E-state index contributed by atoms with van der Waals surface area (Å²) in [7, 11) is 0. The van der Waals surface area contributed by atoms with Crippen LogP contribution in [0.1, 0.15) is 59.4 Å². The molecule has 1 amide bonds. The lowest BCUT2D eigenvalue weighted by atomic mass is 10.0. The fourth-order valence-corrected chi connectivity index (χ4v) is 4.79. The first-order chi connectivity index (χ1) is 17.0. The van der Waals surface area contributed by atoms with E-state index in [-0.39, 0.29) is 12.3 Å². The van der Waals surface area contributed by atoms with Crippen LogP contribution >= 0.6 is 0 Å². The topological polar surface area (TPSA) is 84.2 Å². The Balaban J connectivity index is 1.36. The van der Waals surface area contributed by atoms with E-state index in [1.165, 1.54) is 0 Å². The molecular formula is C29H29N3O3. The molecule has 0 unspecified atom stereocenters. The van der Waals surface area contributed by atoms with E-state index in [1.54, 1.807) is 0 Å². The van der Waals surface area contributed by atoms with Crippen LogP contribution in [0.15, 0.2) is 78.0 Å². The number of carbonyl (C=O) groups excluding carboxylic acids is 1. The number of rotatable bonds is 8. The molecule has 1 aromatic heterocycles. The Morgan fingerprint density at radius 2 is 1.91 bits per heavy atom. The maximum atomic E-state index is 13.0. The maximum absolute atomic E-state index is 13.0. The van der Waals surface area contributed by atoms with E-state index in [4.69, 9.17) is 5.10 Å². The van der Waals surface area contributed by atoms with Crippen molar-refractivity contribution in [2.24, 2.45) is 0 Å². The van der Waals surface area contributed by atoms with Crippen LogP contribution in [0.2, 0.25) is 0 Å². The number of benzene rings is 2. The number of nitrogens with zero attached hydrogens (tertiary/aromatic N) is 2. The molecule has 0 spiro atoms. The fraction of sp³-hybridized carbons (Fsp3) is 0.276. The number of aliphatic carboxylic acids is 1. The van der Waals surface area contributed by atoms with Gasteiger partial charge in [0.15, 0.2) is 0 Å². The van der Waals surface area contributed by atoms with Gasteiger partial charge in [0.05, 0.1) is 18.7 Å². The highest BCUT2D eigenvalue weighted by molar-refractivity contribution is 6.07. The van der Waals surface area contributed by atoms with Crippen molar-refractivity contribution in [2.75, 3.05) is 0 Å². The van der Waals surface area contributed by atoms with Gasteiger partial charge in [0.1, 0.15) is 0 Å². The van der Waals surface area contributed by atoms with Crippen molar-refractivity contribution in [1.29, 1.82) is 0 Å². The predicted octanol–water partition coefficient (Wildman–Crippen LogP) is 5.30. The van der Waals surface area contributed by atoms with E-state index >= 15 is 0 Å². The molecule has 1 heterocycles. The Morgan fingerprint density at radius 1 is 1.11 bits per heavy atom. The van der Waals surface area contributed by atoms with E-state index in [9.17, 15) is 14.7 Å². The Labute approximate surface area is 204 Å². The third kappa shape index (κ3) is 4.97. The van der Waals surface area contributed by atoms with Gasteiger partial charge in [-0.2, -0.15) is 5.10 Å². The van der Waals surface area contributed by atoms with Crippen molar-refractivity contribution < 1.29 is 14.7 Å². The number of carboxylic acids is 1. The third-order valence-electron chi connectivity index (χ3n) is 6.65. The zero-order chi connectivity index (χ0) is 24.4. The number of carbonyl (C=O) groups is 2. The zero-order valence-corrected chi connectivity index (χ0v) is 19.8. The third-order valence-corrected chi connectivity index (χ3v) is 6.65. The zero-order valence-electron chi connectivity index (χ0n) is 19.8. The van der Waals surface area contributed by atoms with Crippen molar-refractivity contribution in [1.82, 2.24) is 15.1 Å². The Hall–Kier alpha value is -3.93. The first-order valence-corrected chi connectivity index (χ1v) is 12.2. The van der Waals surface area contributed by atoms with Crippen LogP contribution in [0, 0.1) is 0 Å². The molecule has 0 bridgehead atoms. The van der Waals surface area contributed by atoms with Crippen molar-refractivity contribution in [3.63, 3.8) is 0 Å². The number of nitrogens with one attached hydrogen (secondary N) is 1. The lowest BCUT2D eigenvalue weighted by Crippen LogP contribution is -2.22. The second kappa shape index (κ2) is 9.74. The predicted molar refractivity (Wildman–Crippen MR) is 136 cm³/mol. The molecule has 0 saturated heterocycles. The van der Waals surface area contributed by atoms with Crippen LogP contribution in [0.4, 0.5) is 0 Å². The molecule has 6 heteroatoms. The molecular weight excluding hydrogens is 438 g/mol. The molecule has 2 aromatic carbocycles. The van der Waals surface area contributed by atoms with Crippen LogP contribution in [0.3, 0.4) is 0 Å². The number of hydrogen-bond donors (Lipinski definition) is 2. The van der Waals surface area contributed by atoms with Crippen molar-refractivity contribution in [2.45, 2.75) is 51.5 Å². The second-order valence-electron chi connectivity index (χ2n) is 9.20. The largest absolute Gasteiger partial charge is 0.481 e. The summed E-state index contributed by atoms with van der Waals surface area (Å²) in [5.41, 5.74) is 5.40. The molecule has 0 aliphatic heterocycles. The molecule has 6 nitrogen and oxygen atoms in total. The van der Waals surface area contributed by atoms with Gasteiger partial charge in [-0.25, -0.2) is 0 Å². The molecule has 2 aliphatic carbocycles. The standard InChI is InChI=1S/C29H29N3O3/c1-2-26-25(17-27(33)34)28(21-14-15-21)31-32(26)18-19-7-5-10-22(16-13-19)30-29(35)24-12-6-9-20-8-3-4-11-23(20)24/h3-6,8-13,16,21H,2,7,14-15,17-18H2,1H3,(H,30,35)(H,33,34). The molecule has 2 N–H and O–H groups in total. The summed E-state index contributed by atoms with van der Waals surface area (Å²) in [4.78, 5) is 24.5. The summed E-state index contributed by atoms with van der Waals surface area (Å²) in [5.74, 6) is -0.552. The first-order valence-electron chi connectivity index (χ1n) is 12.2. The molecule has 0 atom stereocenters. The number of aromatic nitrogens is 2. The van der Waals surface area contributed by atoms with Crippen LogP contribution < -0.4 is 5.32 Å². The van der Waals surface area contributed by atoms with Crippen molar-refractivity contribution >= 4 is 22.6 Å². The van der Waals surface area contributed by atoms with Crippen molar-refractivity contribution in [3.8, 4) is 0 Å². The monoisotopic (exact) mass is 467 g/mol. The molecule has 1 fully saturated rings. The van der Waals surface area contributed by atoms with E-state index in [1.807, 2.05) is 71.5 Å². The van der Waals surface area contributed by atoms with Crippen LogP contribution in [-0.4, -0.2) is 26.8 Å². The molecule has 0 radical (unpaired) electrons. The van der Waals surface area contributed by atoms with Gasteiger partial charge in [-0.15, -0.1) is 0 Å². The minimum Gasteiger partial charge on any atom is -0.481 e. The van der Waals surface area contributed by atoms with Gasteiger partial charge in [-0.05, 0) is 60.2 Å². The molecule has 3 aromatic rings.